The monoisotopic (exact) mass is 335 g/mol. The van der Waals surface area contributed by atoms with E-state index in [0.29, 0.717) is 35.1 Å². The fraction of sp³-hybridized carbons (Fsp3) is 0.294. The summed E-state index contributed by atoms with van der Waals surface area (Å²) in [5, 5.41) is 3.36. The molecule has 0 aliphatic carbocycles. The van der Waals surface area contributed by atoms with E-state index in [1.807, 2.05) is 18.2 Å². The van der Waals surface area contributed by atoms with Crippen LogP contribution in [-0.4, -0.2) is 25.0 Å². The number of nitrogens with one attached hydrogen (secondary N) is 1. The van der Waals surface area contributed by atoms with Crippen molar-refractivity contribution < 1.29 is 18.7 Å². The summed E-state index contributed by atoms with van der Waals surface area (Å²) < 4.78 is 10.2. The van der Waals surface area contributed by atoms with Crippen molar-refractivity contribution in [3.63, 3.8) is 0 Å². The van der Waals surface area contributed by atoms with Crippen LogP contribution >= 0.6 is 11.6 Å². The molecule has 0 bridgehead atoms. The first-order chi connectivity index (χ1) is 11.0. The van der Waals surface area contributed by atoms with Crippen LogP contribution in [0.2, 0.25) is 5.02 Å². The molecule has 1 aromatic heterocycles. The van der Waals surface area contributed by atoms with E-state index in [9.17, 15) is 9.59 Å². The summed E-state index contributed by atoms with van der Waals surface area (Å²) in [4.78, 5) is 23.5. The minimum Gasteiger partial charge on any atom is -0.466 e. The molecule has 1 N–H and O–H groups in total. The van der Waals surface area contributed by atoms with E-state index in [0.717, 1.165) is 5.56 Å². The molecule has 1 heterocycles. The number of hydrogen-bond donors (Lipinski definition) is 1. The van der Waals surface area contributed by atoms with Gasteiger partial charge in [0, 0.05) is 11.6 Å². The third-order valence-corrected chi connectivity index (χ3v) is 3.46. The van der Waals surface area contributed by atoms with Crippen LogP contribution in [0.5, 0.6) is 0 Å². The van der Waals surface area contributed by atoms with Crippen molar-refractivity contribution in [1.82, 2.24) is 5.32 Å². The molecule has 0 atom stereocenters. The zero-order chi connectivity index (χ0) is 16.8. The van der Waals surface area contributed by atoms with Crippen molar-refractivity contribution >= 4 is 23.5 Å². The van der Waals surface area contributed by atoms with E-state index in [2.05, 4.69) is 5.32 Å². The molecule has 5 nitrogen and oxygen atoms in total. The lowest BCUT2D eigenvalue weighted by Gasteiger charge is -2.06. The molecule has 2 aromatic rings. The molecule has 0 saturated carbocycles. The SMILES string of the molecule is Cc1cc(C(=O)OCC(=O)NCCc2cccc(Cl)c2)c(C)o1. The second-order valence-electron chi connectivity index (χ2n) is 5.13. The van der Waals surface area contributed by atoms with Crippen molar-refractivity contribution in [2.75, 3.05) is 13.2 Å². The summed E-state index contributed by atoms with van der Waals surface area (Å²) >= 11 is 5.89. The minimum atomic E-state index is -0.565. The number of amides is 1. The van der Waals surface area contributed by atoms with Crippen LogP contribution in [0.4, 0.5) is 0 Å². The normalized spacial score (nSPS) is 10.4. The lowest BCUT2D eigenvalue weighted by molar-refractivity contribution is -0.124. The van der Waals surface area contributed by atoms with E-state index < -0.39 is 5.97 Å². The van der Waals surface area contributed by atoms with Gasteiger partial charge in [0.05, 0.1) is 0 Å². The average Bonchev–Trinajstić information content (AvgIpc) is 2.84. The van der Waals surface area contributed by atoms with Crippen LogP contribution in [0.25, 0.3) is 0 Å². The maximum Gasteiger partial charge on any atom is 0.342 e. The molecule has 0 aliphatic heterocycles. The van der Waals surface area contributed by atoms with Crippen LogP contribution in [0.15, 0.2) is 34.7 Å². The highest BCUT2D eigenvalue weighted by atomic mass is 35.5. The maximum absolute atomic E-state index is 11.8. The first-order valence-electron chi connectivity index (χ1n) is 7.21. The third-order valence-electron chi connectivity index (χ3n) is 3.22. The number of hydrogen-bond acceptors (Lipinski definition) is 4. The van der Waals surface area contributed by atoms with Gasteiger partial charge in [-0.15, -0.1) is 0 Å². The van der Waals surface area contributed by atoms with Gasteiger partial charge in [0.2, 0.25) is 0 Å². The third kappa shape index (κ3) is 5.14. The number of aryl methyl sites for hydroxylation is 2. The fourth-order valence-corrected chi connectivity index (χ4v) is 2.34. The Balaban J connectivity index is 1.73. The number of rotatable bonds is 6. The summed E-state index contributed by atoms with van der Waals surface area (Å²) in [5.41, 5.74) is 1.37. The molecule has 0 radical (unpaired) electrons. The standard InChI is InChI=1S/C17H18ClNO4/c1-11-8-15(12(2)23-11)17(21)22-10-16(20)19-7-6-13-4-3-5-14(18)9-13/h3-5,8-9H,6-7,10H2,1-2H3,(H,19,20). The molecule has 0 aliphatic rings. The van der Waals surface area contributed by atoms with Crippen LogP contribution in [-0.2, 0) is 16.0 Å². The van der Waals surface area contributed by atoms with Crippen molar-refractivity contribution in [3.8, 4) is 0 Å². The first kappa shape index (κ1) is 17.1. The van der Waals surface area contributed by atoms with E-state index in [4.69, 9.17) is 20.8 Å². The topological polar surface area (TPSA) is 68.5 Å². The molecule has 0 unspecified atom stereocenters. The van der Waals surface area contributed by atoms with E-state index >= 15 is 0 Å². The van der Waals surface area contributed by atoms with Gasteiger partial charge in [-0.2, -0.15) is 0 Å². The quantitative estimate of drug-likeness (QED) is 0.824. The van der Waals surface area contributed by atoms with Gasteiger partial charge in [0.25, 0.3) is 5.91 Å². The van der Waals surface area contributed by atoms with E-state index in [1.165, 1.54) is 0 Å². The van der Waals surface area contributed by atoms with Crippen molar-refractivity contribution in [1.29, 1.82) is 0 Å². The summed E-state index contributed by atoms with van der Waals surface area (Å²) in [6.45, 7) is 3.54. The van der Waals surface area contributed by atoms with Crippen molar-refractivity contribution in [2.24, 2.45) is 0 Å². The lowest BCUT2D eigenvalue weighted by atomic mass is 10.1. The Morgan fingerprint density at radius 1 is 1.26 bits per heavy atom. The molecular formula is C17H18ClNO4. The molecule has 2 rings (SSSR count). The Morgan fingerprint density at radius 3 is 2.70 bits per heavy atom. The second-order valence-corrected chi connectivity index (χ2v) is 5.57. The highest BCUT2D eigenvalue weighted by Crippen LogP contribution is 2.14. The van der Waals surface area contributed by atoms with Crippen LogP contribution in [0.1, 0.15) is 27.4 Å². The summed E-state index contributed by atoms with van der Waals surface area (Å²) in [6, 6.07) is 9.02. The highest BCUT2D eigenvalue weighted by Gasteiger charge is 2.16. The molecule has 0 saturated heterocycles. The van der Waals surface area contributed by atoms with E-state index in [-0.39, 0.29) is 12.5 Å². The Kier molecular flexibility index (Phi) is 5.82. The number of carbonyl (C=O) groups excluding carboxylic acids is 2. The molecule has 122 valence electrons. The van der Waals surface area contributed by atoms with Crippen LogP contribution in [0, 0.1) is 13.8 Å². The molecule has 6 heteroatoms. The van der Waals surface area contributed by atoms with Gasteiger partial charge in [-0.3, -0.25) is 4.79 Å². The number of furan rings is 1. The zero-order valence-electron chi connectivity index (χ0n) is 13.0. The number of benzene rings is 1. The highest BCUT2D eigenvalue weighted by molar-refractivity contribution is 6.30. The van der Waals surface area contributed by atoms with Gasteiger partial charge in [0.1, 0.15) is 17.1 Å². The zero-order valence-corrected chi connectivity index (χ0v) is 13.8. The predicted molar refractivity (Wildman–Crippen MR) is 86.6 cm³/mol. The van der Waals surface area contributed by atoms with Gasteiger partial charge in [0.15, 0.2) is 6.61 Å². The van der Waals surface area contributed by atoms with Crippen molar-refractivity contribution in [3.05, 3.63) is 58.0 Å². The van der Waals surface area contributed by atoms with Gasteiger partial charge >= 0.3 is 5.97 Å². The molecule has 23 heavy (non-hydrogen) atoms. The van der Waals surface area contributed by atoms with Gasteiger partial charge < -0.3 is 14.5 Å². The Morgan fingerprint density at radius 2 is 2.04 bits per heavy atom. The van der Waals surface area contributed by atoms with Crippen molar-refractivity contribution in [2.45, 2.75) is 20.3 Å². The number of halogens is 1. The van der Waals surface area contributed by atoms with Gasteiger partial charge in [-0.1, -0.05) is 23.7 Å². The molecule has 1 amide bonds. The largest absolute Gasteiger partial charge is 0.466 e. The lowest BCUT2D eigenvalue weighted by Crippen LogP contribution is -2.30. The summed E-state index contributed by atoms with van der Waals surface area (Å²) in [7, 11) is 0. The predicted octanol–water partition coefficient (Wildman–Crippen LogP) is 3.07. The second kappa shape index (κ2) is 7.83. The Hall–Kier alpha value is -2.27. The number of ether oxygens (including phenoxy) is 1. The fourth-order valence-electron chi connectivity index (χ4n) is 2.13. The first-order valence-corrected chi connectivity index (χ1v) is 7.59. The van der Waals surface area contributed by atoms with E-state index in [1.54, 1.807) is 26.0 Å². The molecule has 1 aromatic carbocycles. The smallest absolute Gasteiger partial charge is 0.342 e. The Bertz CT molecular complexity index is 708. The molecular weight excluding hydrogens is 318 g/mol. The number of esters is 1. The van der Waals surface area contributed by atoms with Crippen LogP contribution < -0.4 is 5.32 Å². The summed E-state index contributed by atoms with van der Waals surface area (Å²) in [5.74, 6) is 0.192. The molecule has 0 spiro atoms. The molecule has 0 fully saturated rings. The summed E-state index contributed by atoms with van der Waals surface area (Å²) in [6.07, 6.45) is 0.653. The average molecular weight is 336 g/mol. The minimum absolute atomic E-state index is 0.321. The Labute approximate surface area is 139 Å². The van der Waals surface area contributed by atoms with Gasteiger partial charge in [-0.05, 0) is 44.0 Å². The number of carbonyl (C=O) groups is 2. The maximum atomic E-state index is 11.8. The van der Waals surface area contributed by atoms with Gasteiger partial charge in [-0.25, -0.2) is 4.79 Å². The van der Waals surface area contributed by atoms with Crippen LogP contribution in [0.3, 0.4) is 0 Å².